The van der Waals surface area contributed by atoms with E-state index in [0.29, 0.717) is 19.3 Å². The van der Waals surface area contributed by atoms with Crippen molar-refractivity contribution in [3.8, 4) is 0 Å². The second-order valence-electron chi connectivity index (χ2n) is 10.6. The van der Waals surface area contributed by atoms with Crippen molar-refractivity contribution in [3.63, 3.8) is 0 Å². The van der Waals surface area contributed by atoms with Crippen molar-refractivity contribution in [2.45, 2.75) is 90.2 Å². The van der Waals surface area contributed by atoms with Gasteiger partial charge in [0, 0.05) is 12.8 Å². The molecule has 0 aliphatic rings. The van der Waals surface area contributed by atoms with Crippen LogP contribution in [0.25, 0.3) is 0 Å². The summed E-state index contributed by atoms with van der Waals surface area (Å²) < 4.78 is 16.7. The zero-order valence-corrected chi connectivity index (χ0v) is 26.0. The Hall–Kier alpha value is -2.97. The zero-order valence-electron chi connectivity index (χ0n) is 26.0. The van der Waals surface area contributed by atoms with Crippen molar-refractivity contribution in [3.05, 3.63) is 60.8 Å². The predicted octanol–water partition coefficient (Wildman–Crippen LogP) is 6.34. The van der Waals surface area contributed by atoms with Crippen LogP contribution in [0.3, 0.4) is 0 Å². The van der Waals surface area contributed by atoms with Crippen LogP contribution in [0, 0.1) is 0 Å². The van der Waals surface area contributed by atoms with E-state index in [-0.39, 0.29) is 36.7 Å². The predicted molar refractivity (Wildman–Crippen MR) is 164 cm³/mol. The minimum atomic E-state index is -0.897. The van der Waals surface area contributed by atoms with E-state index in [0.717, 1.165) is 38.5 Å². The van der Waals surface area contributed by atoms with Gasteiger partial charge >= 0.3 is 17.9 Å². The number of carbonyl (C=O) groups excluding carboxylic acids is 2. The van der Waals surface area contributed by atoms with E-state index in [4.69, 9.17) is 14.2 Å². The highest BCUT2D eigenvalue weighted by Gasteiger charge is 2.31. The Morgan fingerprint density at radius 2 is 1.29 bits per heavy atom. The molecule has 0 saturated carbocycles. The molecule has 0 amide bonds. The first-order valence-corrected chi connectivity index (χ1v) is 14.8. The topological polar surface area (TPSA) is 99.1 Å². The molecule has 8 nitrogen and oxygen atoms in total. The molecule has 0 aromatic carbocycles. The Morgan fingerprint density at radius 3 is 1.78 bits per heavy atom. The maximum Gasteiger partial charge on any atom is 0.362 e. The van der Waals surface area contributed by atoms with Crippen molar-refractivity contribution in [1.29, 1.82) is 0 Å². The Kier molecular flexibility index (Phi) is 23.0. The molecule has 232 valence electrons. The lowest BCUT2D eigenvalue weighted by molar-refractivity contribution is -0.887. The molecule has 0 aliphatic carbocycles. The number of unbranched alkanes of at least 4 members (excludes halogenated alkanes) is 1. The molecule has 41 heavy (non-hydrogen) atoms. The van der Waals surface area contributed by atoms with Crippen LogP contribution in [0.15, 0.2) is 60.8 Å². The van der Waals surface area contributed by atoms with Crippen LogP contribution in [-0.2, 0) is 28.6 Å². The van der Waals surface area contributed by atoms with E-state index >= 15 is 0 Å². The molecular formula is C33H54NO7+. The first-order chi connectivity index (χ1) is 19.6. The highest BCUT2D eigenvalue weighted by atomic mass is 16.6. The van der Waals surface area contributed by atoms with Crippen molar-refractivity contribution < 1.29 is 38.2 Å². The third-order valence-electron chi connectivity index (χ3n) is 5.96. The highest BCUT2D eigenvalue weighted by Crippen LogP contribution is 2.09. The molecule has 0 heterocycles. The van der Waals surface area contributed by atoms with E-state index in [1.807, 2.05) is 40.2 Å². The molecule has 0 saturated heterocycles. The molecule has 1 N–H and O–H groups in total. The molecule has 0 bridgehead atoms. The summed E-state index contributed by atoms with van der Waals surface area (Å²) in [7, 11) is 5.44. The monoisotopic (exact) mass is 576 g/mol. The molecule has 0 aliphatic heterocycles. The Balaban J connectivity index is 4.53. The van der Waals surface area contributed by atoms with Gasteiger partial charge < -0.3 is 23.8 Å². The van der Waals surface area contributed by atoms with Gasteiger partial charge in [-0.2, -0.15) is 0 Å². The first-order valence-electron chi connectivity index (χ1n) is 14.8. The van der Waals surface area contributed by atoms with E-state index in [1.54, 1.807) is 6.08 Å². The second-order valence-corrected chi connectivity index (χ2v) is 10.6. The number of aliphatic carboxylic acids is 1. The molecule has 2 atom stereocenters. The molecule has 0 rings (SSSR count). The van der Waals surface area contributed by atoms with Gasteiger partial charge in [0.2, 0.25) is 0 Å². The van der Waals surface area contributed by atoms with E-state index in [9.17, 15) is 19.5 Å². The lowest BCUT2D eigenvalue weighted by Crippen LogP contribution is -2.50. The van der Waals surface area contributed by atoms with E-state index in [1.165, 1.54) is 0 Å². The quantitative estimate of drug-likeness (QED) is 0.0620. The number of ether oxygens (including phenoxy) is 3. The number of hydrogen-bond acceptors (Lipinski definition) is 6. The van der Waals surface area contributed by atoms with E-state index in [2.05, 4.69) is 49.5 Å². The van der Waals surface area contributed by atoms with Crippen LogP contribution in [0.1, 0.15) is 78.1 Å². The van der Waals surface area contributed by atoms with Crippen LogP contribution in [0.2, 0.25) is 0 Å². The summed E-state index contributed by atoms with van der Waals surface area (Å²) in [5, 5.41) is 9.47. The van der Waals surface area contributed by atoms with Gasteiger partial charge in [0.05, 0.1) is 40.8 Å². The smallest absolute Gasteiger partial charge is 0.362 e. The average molecular weight is 577 g/mol. The summed E-state index contributed by atoms with van der Waals surface area (Å²) >= 11 is 0. The molecule has 0 fully saturated rings. The third kappa shape index (κ3) is 23.4. The first kappa shape index (κ1) is 38.0. The Morgan fingerprint density at radius 1 is 0.756 bits per heavy atom. The normalized spacial score (nSPS) is 14.1. The number of quaternary nitrogens is 1. The van der Waals surface area contributed by atoms with Crippen LogP contribution < -0.4 is 0 Å². The fourth-order valence-corrected chi connectivity index (χ4v) is 3.61. The number of hydrogen-bond donors (Lipinski definition) is 1. The number of carboxylic acid groups (broad SMARTS) is 1. The van der Waals surface area contributed by atoms with Crippen molar-refractivity contribution in [2.75, 3.05) is 41.0 Å². The summed E-state index contributed by atoms with van der Waals surface area (Å²) in [5.41, 5.74) is 0. The number of nitrogens with zero attached hydrogens (tertiary/aromatic N) is 1. The van der Waals surface area contributed by atoms with Gasteiger partial charge in [-0.05, 0) is 38.5 Å². The number of carboxylic acids is 1. The molecule has 2 unspecified atom stereocenters. The summed E-state index contributed by atoms with van der Waals surface area (Å²) in [5.74, 6) is -1.69. The van der Waals surface area contributed by atoms with E-state index < -0.39 is 24.1 Å². The van der Waals surface area contributed by atoms with Gasteiger partial charge in [-0.15, -0.1) is 0 Å². The average Bonchev–Trinajstić information content (AvgIpc) is 2.91. The molecule has 0 aromatic rings. The molecule has 0 spiro atoms. The lowest BCUT2D eigenvalue weighted by Gasteiger charge is -2.31. The Labute approximate surface area is 248 Å². The number of rotatable bonds is 24. The SMILES string of the molecule is CC/C=C\C/C=C\C/C=C\C/C=C\C/C=C\CC(=O)OC(COCCC(C(=O)O)[N+](C)(C)C)COC(=O)CCCC. The standard InChI is InChI=1S/C33H53NO7/c1-6-8-10-11-12-13-14-15-16-17-18-19-20-21-22-24-32(36)41-29(28-40-31(35)23-9-7-2)27-39-26-25-30(33(37)38)34(3,4)5/h8,10,12-13,15-16,18-19,21-22,29-30H,6-7,9,11,14,17,20,23-28H2,1-5H3/p+1/b10-8-,13-12-,16-15-,19-18-,22-21-. The van der Waals surface area contributed by atoms with Crippen molar-refractivity contribution in [1.82, 2.24) is 0 Å². The van der Waals surface area contributed by atoms with Gasteiger partial charge in [-0.1, -0.05) is 81.0 Å². The number of allylic oxidation sites excluding steroid dienone is 9. The maximum absolute atomic E-state index is 12.4. The largest absolute Gasteiger partial charge is 0.477 e. The molecule has 8 heteroatoms. The summed E-state index contributed by atoms with van der Waals surface area (Å²) in [4.78, 5) is 35.9. The number of likely N-dealkylation sites (N-methyl/N-ethyl adjacent to an activating group) is 1. The van der Waals surface area contributed by atoms with Gasteiger partial charge in [-0.25, -0.2) is 4.79 Å². The van der Waals surface area contributed by atoms with Gasteiger partial charge in [-0.3, -0.25) is 9.59 Å². The van der Waals surface area contributed by atoms with Gasteiger partial charge in [0.25, 0.3) is 0 Å². The lowest BCUT2D eigenvalue weighted by atomic mass is 10.1. The fraction of sp³-hybridized carbons (Fsp3) is 0.606. The summed E-state index contributed by atoms with van der Waals surface area (Å²) in [6.07, 6.45) is 26.8. The highest BCUT2D eigenvalue weighted by molar-refractivity contribution is 5.72. The second kappa shape index (κ2) is 24.8. The van der Waals surface area contributed by atoms with Gasteiger partial charge in [0.1, 0.15) is 6.61 Å². The number of carbonyl (C=O) groups is 3. The third-order valence-corrected chi connectivity index (χ3v) is 5.96. The maximum atomic E-state index is 12.4. The van der Waals surface area contributed by atoms with Crippen molar-refractivity contribution >= 4 is 17.9 Å². The van der Waals surface area contributed by atoms with Gasteiger partial charge in [0.15, 0.2) is 12.1 Å². The van der Waals surface area contributed by atoms with Crippen LogP contribution in [0.4, 0.5) is 0 Å². The van der Waals surface area contributed by atoms with Crippen LogP contribution in [-0.4, -0.2) is 80.6 Å². The van der Waals surface area contributed by atoms with Crippen LogP contribution >= 0.6 is 0 Å². The number of esters is 2. The molecule has 0 radical (unpaired) electrons. The minimum absolute atomic E-state index is 0.0158. The summed E-state index contributed by atoms with van der Waals surface area (Å²) in [6.45, 7) is 4.21. The molecular weight excluding hydrogens is 522 g/mol. The minimum Gasteiger partial charge on any atom is -0.477 e. The fourth-order valence-electron chi connectivity index (χ4n) is 3.61. The van der Waals surface area contributed by atoms with Crippen LogP contribution in [0.5, 0.6) is 0 Å². The Bertz CT molecular complexity index is 865. The zero-order chi connectivity index (χ0) is 30.8. The summed E-state index contributed by atoms with van der Waals surface area (Å²) in [6, 6.07) is -0.627. The van der Waals surface area contributed by atoms with Crippen molar-refractivity contribution in [2.24, 2.45) is 0 Å². The molecule has 0 aromatic heterocycles.